The van der Waals surface area contributed by atoms with Gasteiger partial charge in [-0.1, -0.05) is 31.4 Å². The van der Waals surface area contributed by atoms with Crippen molar-refractivity contribution in [2.24, 2.45) is 5.92 Å². The molecule has 6 heteroatoms. The lowest BCUT2D eigenvalue weighted by atomic mass is 9.89. The molecule has 0 radical (unpaired) electrons. The van der Waals surface area contributed by atoms with Crippen LogP contribution in [0.15, 0.2) is 48.5 Å². The number of fused-ring (bicyclic) bond motifs is 2. The first-order chi connectivity index (χ1) is 16.6. The van der Waals surface area contributed by atoms with Gasteiger partial charge >= 0.3 is 0 Å². The summed E-state index contributed by atoms with van der Waals surface area (Å²) < 4.78 is 10.9. The van der Waals surface area contributed by atoms with Crippen LogP contribution in [0.4, 0.5) is 5.69 Å². The maximum atomic E-state index is 13.4. The standard InChI is InChI=1S/C28H30N2O4/c1-33-20-11-12-21-23(15-20)22(13-14-25(21)34-2)27(31)29-24-10-6-9-19-17-30(28(32)26(19)24)16-18-7-4-3-5-8-18/h6,9-15,18H,3-5,7-8,16-17H2,1-2H3,(H,29,31). The van der Waals surface area contributed by atoms with Crippen LogP contribution in [0.3, 0.4) is 0 Å². The minimum absolute atomic E-state index is 0.0118. The number of nitrogens with one attached hydrogen (secondary N) is 1. The lowest BCUT2D eigenvalue weighted by Crippen LogP contribution is -2.31. The van der Waals surface area contributed by atoms with Gasteiger partial charge in [-0.25, -0.2) is 0 Å². The third-order valence-corrected chi connectivity index (χ3v) is 7.11. The van der Waals surface area contributed by atoms with Gasteiger partial charge in [-0.05, 0) is 60.7 Å². The largest absolute Gasteiger partial charge is 0.497 e. The van der Waals surface area contributed by atoms with E-state index in [1.807, 2.05) is 41.3 Å². The van der Waals surface area contributed by atoms with Crippen molar-refractivity contribution < 1.29 is 19.1 Å². The van der Waals surface area contributed by atoms with Gasteiger partial charge in [0.1, 0.15) is 11.5 Å². The van der Waals surface area contributed by atoms with Gasteiger partial charge in [0.2, 0.25) is 0 Å². The Morgan fingerprint density at radius 2 is 1.82 bits per heavy atom. The molecule has 6 nitrogen and oxygen atoms in total. The Morgan fingerprint density at radius 1 is 1.00 bits per heavy atom. The Balaban J connectivity index is 1.43. The zero-order chi connectivity index (χ0) is 23.7. The number of hydrogen-bond acceptors (Lipinski definition) is 4. The molecule has 3 aromatic carbocycles. The SMILES string of the molecule is COc1ccc2c(OC)ccc(C(=O)Nc3cccc4c3C(=O)N(CC3CCCCC3)C4)c2c1. The van der Waals surface area contributed by atoms with Gasteiger partial charge in [-0.15, -0.1) is 0 Å². The Labute approximate surface area is 199 Å². The number of benzene rings is 3. The smallest absolute Gasteiger partial charge is 0.256 e. The highest BCUT2D eigenvalue weighted by Gasteiger charge is 2.32. The van der Waals surface area contributed by atoms with Crippen LogP contribution in [0.25, 0.3) is 10.8 Å². The van der Waals surface area contributed by atoms with Crippen molar-refractivity contribution in [3.05, 3.63) is 65.2 Å². The highest BCUT2D eigenvalue weighted by molar-refractivity contribution is 6.16. The molecule has 1 aliphatic carbocycles. The molecular weight excluding hydrogens is 428 g/mol. The second-order valence-corrected chi connectivity index (χ2v) is 9.21. The van der Waals surface area contributed by atoms with Gasteiger partial charge in [-0.2, -0.15) is 0 Å². The Kier molecular flexibility index (Phi) is 6.14. The summed E-state index contributed by atoms with van der Waals surface area (Å²) in [6.45, 7) is 1.40. The lowest BCUT2D eigenvalue weighted by molar-refractivity contribution is 0.0738. The summed E-state index contributed by atoms with van der Waals surface area (Å²) in [5.41, 5.74) is 2.64. The molecule has 0 bridgehead atoms. The van der Waals surface area contributed by atoms with Crippen molar-refractivity contribution in [3.63, 3.8) is 0 Å². The molecule has 0 unspecified atom stereocenters. The molecule has 1 heterocycles. The maximum Gasteiger partial charge on any atom is 0.256 e. The Morgan fingerprint density at radius 3 is 2.59 bits per heavy atom. The lowest BCUT2D eigenvalue weighted by Gasteiger charge is -2.26. The van der Waals surface area contributed by atoms with Gasteiger partial charge in [0, 0.05) is 29.4 Å². The van der Waals surface area contributed by atoms with E-state index >= 15 is 0 Å². The van der Waals surface area contributed by atoms with Crippen molar-refractivity contribution in [1.82, 2.24) is 4.90 Å². The van der Waals surface area contributed by atoms with E-state index in [4.69, 9.17) is 9.47 Å². The van der Waals surface area contributed by atoms with E-state index in [1.165, 1.54) is 32.1 Å². The fraction of sp³-hybridized carbons (Fsp3) is 0.357. The maximum absolute atomic E-state index is 13.4. The number of nitrogens with zero attached hydrogens (tertiary/aromatic N) is 1. The first-order valence-electron chi connectivity index (χ1n) is 12.0. The molecule has 3 aromatic rings. The van der Waals surface area contributed by atoms with Crippen LogP contribution in [0.1, 0.15) is 58.4 Å². The number of carbonyl (C=O) groups is 2. The van der Waals surface area contributed by atoms with Crippen LogP contribution in [0.5, 0.6) is 11.5 Å². The molecule has 1 N–H and O–H groups in total. The first-order valence-corrected chi connectivity index (χ1v) is 12.0. The van der Waals surface area contributed by atoms with E-state index in [0.717, 1.165) is 22.9 Å². The molecule has 176 valence electrons. The van der Waals surface area contributed by atoms with E-state index in [9.17, 15) is 9.59 Å². The topological polar surface area (TPSA) is 67.9 Å². The van der Waals surface area contributed by atoms with E-state index < -0.39 is 0 Å². The summed E-state index contributed by atoms with van der Waals surface area (Å²) in [5, 5.41) is 4.57. The molecule has 0 spiro atoms. The van der Waals surface area contributed by atoms with Crippen molar-refractivity contribution >= 4 is 28.3 Å². The number of rotatable bonds is 6. The third kappa shape index (κ3) is 4.09. The predicted octanol–water partition coefficient (Wildman–Crippen LogP) is 5.65. The summed E-state index contributed by atoms with van der Waals surface area (Å²) in [4.78, 5) is 28.7. The van der Waals surface area contributed by atoms with Gasteiger partial charge in [0.25, 0.3) is 11.8 Å². The molecule has 1 saturated carbocycles. The zero-order valence-corrected chi connectivity index (χ0v) is 19.7. The van der Waals surface area contributed by atoms with Gasteiger partial charge in [0.15, 0.2) is 0 Å². The van der Waals surface area contributed by atoms with E-state index in [2.05, 4.69) is 5.32 Å². The van der Waals surface area contributed by atoms with Crippen LogP contribution in [-0.2, 0) is 6.54 Å². The second kappa shape index (κ2) is 9.37. The molecule has 0 atom stereocenters. The van der Waals surface area contributed by atoms with Crippen LogP contribution in [-0.4, -0.2) is 37.5 Å². The number of methoxy groups -OCH3 is 2. The summed E-state index contributed by atoms with van der Waals surface area (Å²) in [7, 11) is 3.20. The summed E-state index contributed by atoms with van der Waals surface area (Å²) in [5.74, 6) is 1.66. The first kappa shape index (κ1) is 22.3. The predicted molar refractivity (Wildman–Crippen MR) is 133 cm³/mol. The molecule has 2 aliphatic rings. The molecule has 1 fully saturated rings. The minimum Gasteiger partial charge on any atom is -0.497 e. The normalized spacial score (nSPS) is 15.9. The number of amides is 2. The van der Waals surface area contributed by atoms with Crippen molar-refractivity contribution in [1.29, 1.82) is 0 Å². The van der Waals surface area contributed by atoms with Crippen LogP contribution in [0, 0.1) is 5.92 Å². The number of anilines is 1. The number of ether oxygens (including phenoxy) is 2. The van der Waals surface area contributed by atoms with Crippen molar-refractivity contribution in [2.45, 2.75) is 38.6 Å². The minimum atomic E-state index is -0.271. The van der Waals surface area contributed by atoms with Crippen molar-refractivity contribution in [3.8, 4) is 11.5 Å². The highest BCUT2D eigenvalue weighted by atomic mass is 16.5. The third-order valence-electron chi connectivity index (χ3n) is 7.11. The molecular formula is C28H30N2O4. The molecule has 0 saturated heterocycles. The quantitative estimate of drug-likeness (QED) is 0.519. The van der Waals surface area contributed by atoms with Crippen LogP contribution >= 0.6 is 0 Å². The Bertz CT molecular complexity index is 1250. The average Bonchev–Trinajstić information content (AvgIpc) is 3.19. The Hall–Kier alpha value is -3.54. The van der Waals surface area contributed by atoms with Gasteiger partial charge in [-0.3, -0.25) is 9.59 Å². The summed E-state index contributed by atoms with van der Waals surface area (Å²) >= 11 is 0. The van der Waals surface area contributed by atoms with Gasteiger partial charge in [0.05, 0.1) is 25.5 Å². The van der Waals surface area contributed by atoms with Crippen molar-refractivity contribution in [2.75, 3.05) is 26.1 Å². The molecule has 2 amide bonds. The number of carbonyl (C=O) groups excluding carboxylic acids is 2. The average molecular weight is 459 g/mol. The van der Waals surface area contributed by atoms with Crippen LogP contribution in [0.2, 0.25) is 0 Å². The van der Waals surface area contributed by atoms with E-state index in [0.29, 0.717) is 40.8 Å². The number of hydrogen-bond donors (Lipinski definition) is 1. The van der Waals surface area contributed by atoms with E-state index in [-0.39, 0.29) is 11.8 Å². The summed E-state index contributed by atoms with van der Waals surface area (Å²) in [6.07, 6.45) is 6.19. The highest BCUT2D eigenvalue weighted by Crippen LogP contribution is 2.35. The fourth-order valence-corrected chi connectivity index (χ4v) is 5.35. The van der Waals surface area contributed by atoms with Gasteiger partial charge < -0.3 is 19.7 Å². The molecule has 1 aliphatic heterocycles. The fourth-order valence-electron chi connectivity index (χ4n) is 5.35. The second-order valence-electron chi connectivity index (χ2n) is 9.21. The molecule has 0 aromatic heterocycles. The monoisotopic (exact) mass is 458 g/mol. The van der Waals surface area contributed by atoms with Crippen LogP contribution < -0.4 is 14.8 Å². The van der Waals surface area contributed by atoms with E-state index in [1.54, 1.807) is 26.4 Å². The molecule has 5 rings (SSSR count). The summed E-state index contributed by atoms with van der Waals surface area (Å²) in [6, 6.07) is 14.8. The zero-order valence-electron chi connectivity index (χ0n) is 19.7. The molecule has 34 heavy (non-hydrogen) atoms.